The quantitative estimate of drug-likeness (QED) is 0.189. The molecule has 45 heavy (non-hydrogen) atoms. The first kappa shape index (κ1) is 32.4. The lowest BCUT2D eigenvalue weighted by Gasteiger charge is -2.35. The highest BCUT2D eigenvalue weighted by molar-refractivity contribution is 7.20. The summed E-state index contributed by atoms with van der Waals surface area (Å²) in [6, 6.07) is 5.79. The number of piperazine rings is 1. The van der Waals surface area contributed by atoms with Crippen molar-refractivity contribution in [1.82, 2.24) is 14.8 Å². The standard InChI is InChI=1S/C28H27F6N5O5S/c29-27(30,31)16-1-8-23-21(13-16)36-25(45-23)26(41)38-11-9-37(10-12-38)24(40)15-44-19-5-2-17(3-6-19)35-18-4-7-22(39(42)43)20(14-18)28(32,33)34/h1,4,7-8,13-14,17,19,35H,2-3,5-6,9-12,15H2/t17-,19-. The van der Waals surface area contributed by atoms with Crippen molar-refractivity contribution in [2.45, 2.75) is 50.2 Å². The number of anilines is 1. The van der Waals surface area contributed by atoms with Crippen LogP contribution in [0.5, 0.6) is 0 Å². The summed E-state index contributed by atoms with van der Waals surface area (Å²) in [7, 11) is 0. The van der Waals surface area contributed by atoms with Crippen molar-refractivity contribution in [3.8, 4) is 0 Å². The van der Waals surface area contributed by atoms with Crippen LogP contribution >= 0.6 is 11.3 Å². The van der Waals surface area contributed by atoms with Crippen LogP contribution in [0.15, 0.2) is 36.4 Å². The molecule has 17 heteroatoms. The molecule has 10 nitrogen and oxygen atoms in total. The highest BCUT2D eigenvalue weighted by Gasteiger charge is 2.39. The maximum absolute atomic E-state index is 13.3. The van der Waals surface area contributed by atoms with Crippen LogP contribution in [-0.2, 0) is 21.9 Å². The first-order chi connectivity index (χ1) is 21.2. The molecule has 5 rings (SSSR count). The van der Waals surface area contributed by atoms with Gasteiger partial charge in [-0.2, -0.15) is 26.3 Å². The number of nitrogens with zero attached hydrogens (tertiary/aromatic N) is 4. The van der Waals surface area contributed by atoms with E-state index in [-0.39, 0.29) is 67.1 Å². The van der Waals surface area contributed by atoms with Crippen LogP contribution < -0.4 is 5.32 Å². The molecule has 1 aliphatic carbocycles. The normalized spacial score (nSPS) is 19.5. The Hall–Kier alpha value is -3.99. The monoisotopic (exact) mass is 659 g/mol. The molecule has 2 heterocycles. The van der Waals surface area contributed by atoms with Crippen molar-refractivity contribution in [2.75, 3.05) is 38.1 Å². The van der Waals surface area contributed by atoms with E-state index in [0.717, 1.165) is 35.6 Å². The van der Waals surface area contributed by atoms with E-state index in [1.54, 1.807) is 4.90 Å². The number of aromatic nitrogens is 1. The molecule has 1 saturated carbocycles. The number of hydrogen-bond donors (Lipinski definition) is 1. The summed E-state index contributed by atoms with van der Waals surface area (Å²) in [5, 5.41) is 14.1. The second kappa shape index (κ2) is 12.8. The number of rotatable bonds is 7. The molecule has 1 aliphatic heterocycles. The Bertz CT molecular complexity index is 1580. The van der Waals surface area contributed by atoms with Gasteiger partial charge in [0.15, 0.2) is 5.01 Å². The third-order valence-electron chi connectivity index (χ3n) is 7.80. The summed E-state index contributed by atoms with van der Waals surface area (Å²) < 4.78 is 85.1. The molecule has 242 valence electrons. The molecule has 0 atom stereocenters. The Labute approximate surface area is 256 Å². The SMILES string of the molecule is O=C(CO[C@H]1CC[C@H](Nc2ccc([N+](=O)[O-])c(C(F)(F)F)c2)CC1)N1CCN(C(=O)c2nc3cc(C(F)(F)F)ccc3s2)CC1. The van der Waals surface area contributed by atoms with Gasteiger partial charge in [-0.1, -0.05) is 0 Å². The Morgan fingerprint density at radius 2 is 1.62 bits per heavy atom. The van der Waals surface area contributed by atoms with Gasteiger partial charge in [-0.25, -0.2) is 4.98 Å². The predicted molar refractivity (Wildman–Crippen MR) is 151 cm³/mol. The van der Waals surface area contributed by atoms with E-state index in [0.29, 0.717) is 30.4 Å². The lowest BCUT2D eigenvalue weighted by Crippen LogP contribution is -2.51. The molecule has 0 spiro atoms. The van der Waals surface area contributed by atoms with E-state index in [1.165, 1.54) is 17.0 Å². The first-order valence-electron chi connectivity index (χ1n) is 14.0. The molecule has 2 aromatic carbocycles. The zero-order valence-electron chi connectivity index (χ0n) is 23.5. The van der Waals surface area contributed by atoms with Gasteiger partial charge in [0.25, 0.3) is 11.6 Å². The van der Waals surface area contributed by atoms with Gasteiger partial charge in [-0.3, -0.25) is 19.7 Å². The number of fused-ring (bicyclic) bond motifs is 1. The van der Waals surface area contributed by atoms with Crippen LogP contribution in [-0.4, -0.2) is 76.5 Å². The fraction of sp³-hybridized carbons (Fsp3) is 0.464. The van der Waals surface area contributed by atoms with Crippen LogP contribution in [0.3, 0.4) is 0 Å². The Kier molecular flexibility index (Phi) is 9.21. The zero-order chi connectivity index (χ0) is 32.5. The van der Waals surface area contributed by atoms with Crippen LogP contribution in [0.2, 0.25) is 0 Å². The Morgan fingerprint density at radius 1 is 0.956 bits per heavy atom. The van der Waals surface area contributed by atoms with Crippen LogP contribution in [0.1, 0.15) is 46.6 Å². The number of amides is 2. The number of carbonyl (C=O) groups excluding carboxylic acids is 2. The van der Waals surface area contributed by atoms with Crippen molar-refractivity contribution in [3.05, 3.63) is 62.6 Å². The topological polar surface area (TPSA) is 118 Å². The molecular formula is C28H27F6N5O5S. The largest absolute Gasteiger partial charge is 0.423 e. The minimum atomic E-state index is -4.87. The second-order valence-electron chi connectivity index (χ2n) is 10.8. The van der Waals surface area contributed by atoms with Gasteiger partial charge < -0.3 is 19.9 Å². The molecule has 0 unspecified atom stereocenters. The van der Waals surface area contributed by atoms with E-state index in [9.17, 15) is 46.0 Å². The maximum Gasteiger partial charge on any atom is 0.423 e. The highest BCUT2D eigenvalue weighted by Crippen LogP contribution is 2.38. The van der Waals surface area contributed by atoms with E-state index in [4.69, 9.17) is 4.74 Å². The fourth-order valence-electron chi connectivity index (χ4n) is 5.39. The molecular weight excluding hydrogens is 632 g/mol. The number of benzene rings is 2. The average molecular weight is 660 g/mol. The van der Waals surface area contributed by atoms with E-state index >= 15 is 0 Å². The number of nitro benzene ring substituents is 1. The molecule has 0 bridgehead atoms. The zero-order valence-corrected chi connectivity index (χ0v) is 24.3. The molecule has 1 aromatic heterocycles. The van der Waals surface area contributed by atoms with Crippen molar-refractivity contribution >= 4 is 44.7 Å². The molecule has 2 aliphatic rings. The molecule has 2 fully saturated rings. The number of halogens is 6. The van der Waals surface area contributed by atoms with Gasteiger partial charge in [0.05, 0.1) is 26.8 Å². The number of alkyl halides is 6. The van der Waals surface area contributed by atoms with Gasteiger partial charge in [-0.05, 0) is 56.0 Å². The number of nitrogens with one attached hydrogen (secondary N) is 1. The summed E-state index contributed by atoms with van der Waals surface area (Å²) in [4.78, 5) is 42.8. The van der Waals surface area contributed by atoms with Gasteiger partial charge in [0, 0.05) is 44.0 Å². The number of ether oxygens (including phenoxy) is 1. The molecule has 2 amide bonds. The van der Waals surface area contributed by atoms with Crippen molar-refractivity contribution in [2.24, 2.45) is 0 Å². The third kappa shape index (κ3) is 7.64. The summed E-state index contributed by atoms with van der Waals surface area (Å²) in [5.41, 5.74) is -2.96. The molecule has 3 aromatic rings. The van der Waals surface area contributed by atoms with Gasteiger partial charge in [-0.15, -0.1) is 11.3 Å². The summed E-state index contributed by atoms with van der Waals surface area (Å²) in [6.45, 7) is 0.784. The van der Waals surface area contributed by atoms with Crippen LogP contribution in [0.4, 0.5) is 37.7 Å². The fourth-order valence-corrected chi connectivity index (χ4v) is 6.31. The lowest BCUT2D eigenvalue weighted by molar-refractivity contribution is -0.388. The van der Waals surface area contributed by atoms with E-state index in [2.05, 4.69) is 10.3 Å². The second-order valence-corrected chi connectivity index (χ2v) is 11.8. The Morgan fingerprint density at radius 3 is 2.24 bits per heavy atom. The van der Waals surface area contributed by atoms with Crippen LogP contribution in [0.25, 0.3) is 10.2 Å². The summed E-state index contributed by atoms with van der Waals surface area (Å²) in [6.07, 6.45) is -7.39. The highest BCUT2D eigenvalue weighted by atomic mass is 32.1. The molecule has 0 radical (unpaired) electrons. The maximum atomic E-state index is 13.3. The molecule has 1 saturated heterocycles. The lowest BCUT2D eigenvalue weighted by atomic mass is 9.92. The number of nitro groups is 1. The van der Waals surface area contributed by atoms with E-state index in [1.807, 2.05) is 0 Å². The van der Waals surface area contributed by atoms with E-state index < -0.39 is 40.0 Å². The number of hydrogen-bond acceptors (Lipinski definition) is 8. The third-order valence-corrected chi connectivity index (χ3v) is 8.83. The summed E-state index contributed by atoms with van der Waals surface area (Å²) in [5.74, 6) is -0.672. The van der Waals surface area contributed by atoms with Crippen molar-refractivity contribution in [3.63, 3.8) is 0 Å². The Balaban J connectivity index is 1.06. The first-order valence-corrected chi connectivity index (χ1v) is 14.8. The van der Waals surface area contributed by atoms with Gasteiger partial charge in [0.1, 0.15) is 12.2 Å². The van der Waals surface area contributed by atoms with Gasteiger partial charge >= 0.3 is 12.4 Å². The minimum Gasteiger partial charge on any atom is -0.382 e. The minimum absolute atomic E-state index is 0.0758. The number of carbonyl (C=O) groups is 2. The van der Waals surface area contributed by atoms with Crippen molar-refractivity contribution in [1.29, 1.82) is 0 Å². The van der Waals surface area contributed by atoms with Gasteiger partial charge in [0.2, 0.25) is 5.91 Å². The van der Waals surface area contributed by atoms with Crippen molar-refractivity contribution < 1.29 is 45.6 Å². The predicted octanol–water partition coefficient (Wildman–Crippen LogP) is 5.97. The molecule has 1 N–H and O–H groups in total. The average Bonchev–Trinajstić information content (AvgIpc) is 3.43. The number of thiazole rings is 1. The van der Waals surface area contributed by atoms with Crippen LogP contribution in [0, 0.1) is 10.1 Å². The smallest absolute Gasteiger partial charge is 0.382 e. The summed E-state index contributed by atoms with van der Waals surface area (Å²) >= 11 is 1.01.